The molecular weight excluding hydrogens is 246 g/mol. The fourth-order valence-corrected chi connectivity index (χ4v) is 2.21. The molecule has 0 radical (unpaired) electrons. The monoisotopic (exact) mass is 263 g/mol. The Bertz CT molecular complexity index is 717. The highest BCUT2D eigenvalue weighted by Gasteiger charge is 2.02. The molecule has 2 nitrogen and oxygen atoms in total. The Morgan fingerprint density at radius 3 is 2.15 bits per heavy atom. The standard InChI is InChI=1S/C18H17NO/c1-13(19)14-6-9-17(10-7-14)20-18-11-8-15-4-2-3-5-16(15)12-18/h2-13H,19H2,1H3/t13-/m0/s1. The van der Waals surface area contributed by atoms with Crippen LogP contribution in [0.4, 0.5) is 0 Å². The first-order chi connectivity index (χ1) is 9.72. The Kier molecular flexibility index (Phi) is 3.40. The lowest BCUT2D eigenvalue weighted by Crippen LogP contribution is -2.04. The van der Waals surface area contributed by atoms with Crippen molar-refractivity contribution in [2.24, 2.45) is 5.73 Å². The molecule has 0 aromatic heterocycles. The van der Waals surface area contributed by atoms with E-state index in [0.29, 0.717) is 0 Å². The van der Waals surface area contributed by atoms with Crippen LogP contribution in [-0.2, 0) is 0 Å². The molecule has 20 heavy (non-hydrogen) atoms. The SMILES string of the molecule is C[C@H](N)c1ccc(Oc2ccc3ccccc3c2)cc1. The van der Waals surface area contributed by atoms with Crippen LogP contribution in [-0.4, -0.2) is 0 Å². The molecule has 3 aromatic rings. The number of hydrogen-bond donors (Lipinski definition) is 1. The van der Waals surface area contributed by atoms with Gasteiger partial charge in [-0.2, -0.15) is 0 Å². The van der Waals surface area contributed by atoms with E-state index < -0.39 is 0 Å². The lowest BCUT2D eigenvalue weighted by molar-refractivity contribution is 0.483. The van der Waals surface area contributed by atoms with Crippen LogP contribution < -0.4 is 10.5 Å². The number of hydrogen-bond acceptors (Lipinski definition) is 2. The highest BCUT2D eigenvalue weighted by Crippen LogP contribution is 2.26. The second kappa shape index (κ2) is 5.35. The van der Waals surface area contributed by atoms with Gasteiger partial charge in [-0.3, -0.25) is 0 Å². The highest BCUT2D eigenvalue weighted by atomic mass is 16.5. The van der Waals surface area contributed by atoms with Gasteiger partial charge in [-0.05, 0) is 47.5 Å². The van der Waals surface area contributed by atoms with Gasteiger partial charge in [0.1, 0.15) is 11.5 Å². The Hall–Kier alpha value is -2.32. The summed E-state index contributed by atoms with van der Waals surface area (Å²) in [6, 6.07) is 22.3. The molecule has 1 atom stereocenters. The summed E-state index contributed by atoms with van der Waals surface area (Å²) in [5.74, 6) is 1.67. The third-order valence-corrected chi connectivity index (χ3v) is 3.36. The minimum atomic E-state index is 0.0460. The summed E-state index contributed by atoms with van der Waals surface area (Å²) < 4.78 is 5.88. The predicted octanol–water partition coefficient (Wildman–Crippen LogP) is 4.65. The normalized spacial score (nSPS) is 12.3. The van der Waals surface area contributed by atoms with Gasteiger partial charge in [0.25, 0.3) is 0 Å². The van der Waals surface area contributed by atoms with E-state index in [1.807, 2.05) is 49.4 Å². The Labute approximate surface area is 118 Å². The average molecular weight is 263 g/mol. The van der Waals surface area contributed by atoms with Crippen LogP contribution >= 0.6 is 0 Å². The average Bonchev–Trinajstić information content (AvgIpc) is 2.48. The summed E-state index contributed by atoms with van der Waals surface area (Å²) in [6.07, 6.45) is 0. The lowest BCUT2D eigenvalue weighted by atomic mass is 10.1. The third kappa shape index (κ3) is 2.65. The van der Waals surface area contributed by atoms with Gasteiger partial charge in [-0.1, -0.05) is 42.5 Å². The van der Waals surface area contributed by atoms with Gasteiger partial charge in [0.15, 0.2) is 0 Å². The molecular formula is C18H17NO. The molecule has 0 aliphatic rings. The van der Waals surface area contributed by atoms with Crippen molar-refractivity contribution in [3.8, 4) is 11.5 Å². The fourth-order valence-electron chi connectivity index (χ4n) is 2.21. The topological polar surface area (TPSA) is 35.2 Å². The number of fused-ring (bicyclic) bond motifs is 1. The minimum absolute atomic E-state index is 0.0460. The Morgan fingerprint density at radius 1 is 0.800 bits per heavy atom. The maximum atomic E-state index is 5.88. The van der Waals surface area contributed by atoms with E-state index in [2.05, 4.69) is 24.3 Å². The van der Waals surface area contributed by atoms with Crippen molar-refractivity contribution in [1.82, 2.24) is 0 Å². The lowest BCUT2D eigenvalue weighted by Gasteiger charge is -2.09. The molecule has 0 saturated carbocycles. The molecule has 100 valence electrons. The van der Waals surface area contributed by atoms with E-state index in [-0.39, 0.29) is 6.04 Å². The molecule has 3 rings (SSSR count). The van der Waals surface area contributed by atoms with Gasteiger partial charge in [0, 0.05) is 6.04 Å². The summed E-state index contributed by atoms with van der Waals surface area (Å²) in [5.41, 5.74) is 6.95. The smallest absolute Gasteiger partial charge is 0.128 e. The number of rotatable bonds is 3. The third-order valence-electron chi connectivity index (χ3n) is 3.36. The van der Waals surface area contributed by atoms with Crippen LogP contribution in [0.1, 0.15) is 18.5 Å². The fraction of sp³-hybridized carbons (Fsp3) is 0.111. The summed E-state index contributed by atoms with van der Waals surface area (Å²) in [6.45, 7) is 1.97. The molecule has 0 spiro atoms. The number of benzene rings is 3. The second-order valence-electron chi connectivity index (χ2n) is 4.97. The van der Waals surface area contributed by atoms with E-state index in [1.54, 1.807) is 0 Å². The molecule has 0 bridgehead atoms. The molecule has 0 saturated heterocycles. The van der Waals surface area contributed by atoms with Crippen molar-refractivity contribution >= 4 is 10.8 Å². The van der Waals surface area contributed by atoms with Gasteiger partial charge < -0.3 is 10.5 Å². The minimum Gasteiger partial charge on any atom is -0.457 e. The van der Waals surface area contributed by atoms with Gasteiger partial charge in [0.05, 0.1) is 0 Å². The van der Waals surface area contributed by atoms with Crippen molar-refractivity contribution in [3.63, 3.8) is 0 Å². The molecule has 0 aliphatic heterocycles. The summed E-state index contributed by atoms with van der Waals surface area (Å²) in [7, 11) is 0. The van der Waals surface area contributed by atoms with E-state index in [1.165, 1.54) is 10.8 Å². The Morgan fingerprint density at radius 2 is 1.45 bits per heavy atom. The zero-order chi connectivity index (χ0) is 13.9. The molecule has 3 aromatic carbocycles. The first-order valence-electron chi connectivity index (χ1n) is 6.74. The van der Waals surface area contributed by atoms with E-state index in [0.717, 1.165) is 17.1 Å². The number of ether oxygens (including phenoxy) is 1. The van der Waals surface area contributed by atoms with Crippen molar-refractivity contribution in [3.05, 3.63) is 72.3 Å². The van der Waals surface area contributed by atoms with E-state index in [4.69, 9.17) is 10.5 Å². The molecule has 0 aliphatic carbocycles. The van der Waals surface area contributed by atoms with Crippen molar-refractivity contribution in [2.45, 2.75) is 13.0 Å². The first kappa shape index (κ1) is 12.7. The molecule has 0 fully saturated rings. The van der Waals surface area contributed by atoms with Crippen molar-refractivity contribution < 1.29 is 4.74 Å². The van der Waals surface area contributed by atoms with Crippen molar-refractivity contribution in [1.29, 1.82) is 0 Å². The van der Waals surface area contributed by atoms with Crippen LogP contribution in [0.3, 0.4) is 0 Å². The predicted molar refractivity (Wildman–Crippen MR) is 83.1 cm³/mol. The van der Waals surface area contributed by atoms with Gasteiger partial charge >= 0.3 is 0 Å². The summed E-state index contributed by atoms with van der Waals surface area (Å²) in [4.78, 5) is 0. The first-order valence-corrected chi connectivity index (χ1v) is 6.74. The van der Waals surface area contributed by atoms with Crippen LogP contribution in [0.2, 0.25) is 0 Å². The molecule has 0 unspecified atom stereocenters. The Balaban J connectivity index is 1.85. The second-order valence-corrected chi connectivity index (χ2v) is 4.97. The zero-order valence-corrected chi connectivity index (χ0v) is 11.4. The van der Waals surface area contributed by atoms with Crippen molar-refractivity contribution in [2.75, 3.05) is 0 Å². The summed E-state index contributed by atoms with van der Waals surface area (Å²) in [5, 5.41) is 2.39. The molecule has 2 N–H and O–H groups in total. The maximum absolute atomic E-state index is 5.88. The van der Waals surface area contributed by atoms with E-state index >= 15 is 0 Å². The largest absolute Gasteiger partial charge is 0.457 e. The van der Waals surface area contributed by atoms with Crippen LogP contribution in [0.25, 0.3) is 10.8 Å². The molecule has 0 amide bonds. The zero-order valence-electron chi connectivity index (χ0n) is 11.4. The van der Waals surface area contributed by atoms with Gasteiger partial charge in [0.2, 0.25) is 0 Å². The van der Waals surface area contributed by atoms with Crippen LogP contribution in [0, 0.1) is 0 Å². The highest BCUT2D eigenvalue weighted by molar-refractivity contribution is 5.83. The maximum Gasteiger partial charge on any atom is 0.128 e. The quantitative estimate of drug-likeness (QED) is 0.746. The van der Waals surface area contributed by atoms with Gasteiger partial charge in [-0.25, -0.2) is 0 Å². The molecule has 2 heteroatoms. The van der Waals surface area contributed by atoms with Crippen LogP contribution in [0.5, 0.6) is 11.5 Å². The van der Waals surface area contributed by atoms with Gasteiger partial charge in [-0.15, -0.1) is 0 Å². The summed E-state index contributed by atoms with van der Waals surface area (Å²) >= 11 is 0. The van der Waals surface area contributed by atoms with E-state index in [9.17, 15) is 0 Å². The number of nitrogens with two attached hydrogens (primary N) is 1. The van der Waals surface area contributed by atoms with Crippen LogP contribution in [0.15, 0.2) is 66.7 Å². The molecule has 0 heterocycles.